The van der Waals surface area contributed by atoms with Crippen molar-refractivity contribution < 1.29 is 14.3 Å². The van der Waals surface area contributed by atoms with E-state index in [1.807, 2.05) is 30.3 Å². The van der Waals surface area contributed by atoms with Crippen LogP contribution in [-0.2, 0) is 4.74 Å². The number of hydrogen-bond donors (Lipinski definition) is 3. The minimum Gasteiger partial charge on any atom is -0.373 e. The van der Waals surface area contributed by atoms with Gasteiger partial charge in [0, 0.05) is 30.6 Å². The topological polar surface area (TPSA) is 120 Å². The lowest BCUT2D eigenvalue weighted by molar-refractivity contribution is -0.0199. The third kappa shape index (κ3) is 4.44. The molecule has 1 saturated heterocycles. The van der Waals surface area contributed by atoms with E-state index >= 15 is 0 Å². The lowest BCUT2D eigenvalue weighted by Crippen LogP contribution is -2.49. The number of benzene rings is 1. The molecule has 9 nitrogen and oxygen atoms in total. The Morgan fingerprint density at radius 1 is 1.24 bits per heavy atom. The molecule has 3 heterocycles. The average Bonchev–Trinajstić information content (AvgIpc) is 3.42. The Labute approximate surface area is 169 Å². The third-order valence-electron chi connectivity index (χ3n) is 4.53. The van der Waals surface area contributed by atoms with Crippen molar-refractivity contribution >= 4 is 23.2 Å². The summed E-state index contributed by atoms with van der Waals surface area (Å²) in [6.45, 7) is 1.38. The lowest BCUT2D eigenvalue weighted by Gasteiger charge is -2.32. The molecular formula is C19H19N5O4S. The highest BCUT2D eigenvalue weighted by Crippen LogP contribution is 2.15. The van der Waals surface area contributed by atoms with Gasteiger partial charge in [-0.2, -0.15) is 0 Å². The molecule has 0 unspecified atom stereocenters. The number of H-pyrrole nitrogens is 2. The van der Waals surface area contributed by atoms with Crippen LogP contribution >= 0.6 is 11.3 Å². The molecule has 1 fully saturated rings. The number of carbonyl (C=O) groups is 2. The predicted molar refractivity (Wildman–Crippen MR) is 107 cm³/mol. The first-order valence-electron chi connectivity index (χ1n) is 9.07. The largest absolute Gasteiger partial charge is 0.373 e. The van der Waals surface area contributed by atoms with E-state index in [0.717, 1.165) is 16.9 Å². The summed E-state index contributed by atoms with van der Waals surface area (Å²) in [6.07, 6.45) is 1.15. The molecule has 1 aliphatic rings. The Balaban J connectivity index is 1.33. The monoisotopic (exact) mass is 413 g/mol. The van der Waals surface area contributed by atoms with Crippen molar-refractivity contribution in [3.05, 3.63) is 63.0 Å². The molecule has 0 aliphatic carbocycles. The van der Waals surface area contributed by atoms with E-state index in [2.05, 4.69) is 20.3 Å². The second-order valence-electron chi connectivity index (χ2n) is 6.53. The van der Waals surface area contributed by atoms with Gasteiger partial charge in [0.05, 0.1) is 18.9 Å². The van der Waals surface area contributed by atoms with Gasteiger partial charge in [-0.3, -0.25) is 14.4 Å². The zero-order chi connectivity index (χ0) is 20.2. The fraction of sp³-hybridized carbons (Fsp3) is 0.263. The fourth-order valence-electron chi connectivity index (χ4n) is 3.06. The van der Waals surface area contributed by atoms with Crippen molar-refractivity contribution in [2.45, 2.75) is 6.10 Å². The number of amides is 2. The first kappa shape index (κ1) is 19.1. The zero-order valence-electron chi connectivity index (χ0n) is 15.4. The second kappa shape index (κ2) is 8.41. The third-order valence-corrected chi connectivity index (χ3v) is 5.20. The molecule has 10 heteroatoms. The smallest absolute Gasteiger partial charge is 0.305 e. The molecule has 0 saturated carbocycles. The number of nitrogens with one attached hydrogen (secondary N) is 3. The van der Waals surface area contributed by atoms with Crippen LogP contribution in [0.25, 0.3) is 11.4 Å². The van der Waals surface area contributed by atoms with Gasteiger partial charge in [0.25, 0.3) is 11.8 Å². The fourth-order valence-corrected chi connectivity index (χ4v) is 3.62. The van der Waals surface area contributed by atoms with E-state index in [0.29, 0.717) is 31.2 Å². The van der Waals surface area contributed by atoms with Crippen LogP contribution in [0.1, 0.15) is 21.0 Å². The minimum absolute atomic E-state index is 0.246. The maximum atomic E-state index is 12.5. The van der Waals surface area contributed by atoms with Crippen molar-refractivity contribution in [1.82, 2.24) is 25.2 Å². The summed E-state index contributed by atoms with van der Waals surface area (Å²) >= 11 is 0.953. The maximum Gasteiger partial charge on any atom is 0.305 e. The second-order valence-corrected chi connectivity index (χ2v) is 7.37. The van der Waals surface area contributed by atoms with E-state index in [4.69, 9.17) is 4.74 Å². The van der Waals surface area contributed by atoms with Gasteiger partial charge in [0.1, 0.15) is 17.2 Å². The van der Waals surface area contributed by atoms with E-state index in [1.165, 1.54) is 11.6 Å². The van der Waals surface area contributed by atoms with Crippen LogP contribution in [0, 0.1) is 0 Å². The molecule has 0 radical (unpaired) electrons. The highest BCUT2D eigenvalue weighted by atomic mass is 32.1. The maximum absolute atomic E-state index is 12.5. The number of ether oxygens (including phenoxy) is 1. The van der Waals surface area contributed by atoms with Crippen LogP contribution < -0.4 is 10.2 Å². The molecule has 3 N–H and O–H groups in total. The summed E-state index contributed by atoms with van der Waals surface area (Å²) in [5.74, 6) is 0.0733. The quantitative estimate of drug-likeness (QED) is 0.579. The van der Waals surface area contributed by atoms with Crippen LogP contribution in [0.4, 0.5) is 0 Å². The molecule has 3 aromatic rings. The molecule has 4 rings (SSSR count). The summed E-state index contributed by atoms with van der Waals surface area (Å²) in [7, 11) is 0. The average molecular weight is 413 g/mol. The van der Waals surface area contributed by atoms with Gasteiger partial charge in [0.15, 0.2) is 0 Å². The molecule has 0 bridgehead atoms. The number of imidazole rings is 1. The van der Waals surface area contributed by atoms with Crippen LogP contribution in [-0.4, -0.2) is 64.0 Å². The van der Waals surface area contributed by atoms with Gasteiger partial charge in [-0.05, 0) is 0 Å². The SMILES string of the molecule is O=C(NC[C@@H]1CN(C(=O)c2csc(=O)[nH]2)CCO1)c1cnc(-c2ccccc2)[nH]1. The van der Waals surface area contributed by atoms with E-state index in [-0.39, 0.29) is 35.0 Å². The number of hydrogen-bond acceptors (Lipinski definition) is 6. The first-order chi connectivity index (χ1) is 14.1. The summed E-state index contributed by atoms with van der Waals surface area (Å²) in [5, 5.41) is 4.32. The Hall–Kier alpha value is -3.24. The predicted octanol–water partition coefficient (Wildman–Crippen LogP) is 1.10. The van der Waals surface area contributed by atoms with Crippen LogP contribution in [0.2, 0.25) is 0 Å². The summed E-state index contributed by atoms with van der Waals surface area (Å²) in [6, 6.07) is 9.52. The van der Waals surface area contributed by atoms with Crippen LogP contribution in [0.15, 0.2) is 46.7 Å². The van der Waals surface area contributed by atoms with E-state index in [1.54, 1.807) is 4.90 Å². The standard InChI is InChI=1S/C19H19N5O4S/c25-17(14-9-20-16(22-14)12-4-2-1-3-5-12)21-8-13-10-24(6-7-28-13)18(26)15-11-29-19(27)23-15/h1-5,9,11,13H,6-8,10H2,(H,20,22)(H,21,25)(H,23,27)/t13-/m1/s1. The van der Waals surface area contributed by atoms with Crippen molar-refractivity contribution in [3.8, 4) is 11.4 Å². The molecule has 1 atom stereocenters. The molecule has 1 aliphatic heterocycles. The zero-order valence-corrected chi connectivity index (χ0v) is 16.2. The van der Waals surface area contributed by atoms with Crippen molar-refractivity contribution in [2.75, 3.05) is 26.2 Å². The van der Waals surface area contributed by atoms with Crippen LogP contribution in [0.3, 0.4) is 0 Å². The summed E-state index contributed by atoms with van der Waals surface area (Å²) in [4.78, 5) is 47.3. The van der Waals surface area contributed by atoms with Gasteiger partial charge >= 0.3 is 4.87 Å². The van der Waals surface area contributed by atoms with Gasteiger partial charge < -0.3 is 24.9 Å². The number of thiazole rings is 1. The van der Waals surface area contributed by atoms with E-state index < -0.39 is 0 Å². The Kier molecular flexibility index (Phi) is 5.54. The number of aromatic amines is 2. The normalized spacial score (nSPS) is 16.6. The molecule has 150 valence electrons. The lowest BCUT2D eigenvalue weighted by atomic mass is 10.2. The van der Waals surface area contributed by atoms with E-state index in [9.17, 15) is 14.4 Å². The first-order valence-corrected chi connectivity index (χ1v) is 9.95. The Bertz CT molecular complexity index is 1060. The minimum atomic E-state index is -0.335. The van der Waals surface area contributed by atoms with Crippen molar-refractivity contribution in [3.63, 3.8) is 0 Å². The summed E-state index contributed by atoms with van der Waals surface area (Å²) in [5.41, 5.74) is 1.52. The molecular weight excluding hydrogens is 394 g/mol. The van der Waals surface area contributed by atoms with Crippen molar-refractivity contribution in [2.24, 2.45) is 0 Å². The number of morpholine rings is 1. The van der Waals surface area contributed by atoms with Crippen LogP contribution in [0.5, 0.6) is 0 Å². The van der Waals surface area contributed by atoms with Gasteiger partial charge in [0.2, 0.25) is 0 Å². The summed E-state index contributed by atoms with van der Waals surface area (Å²) < 4.78 is 5.66. The highest BCUT2D eigenvalue weighted by molar-refractivity contribution is 7.07. The number of rotatable bonds is 5. The van der Waals surface area contributed by atoms with Gasteiger partial charge in [-0.25, -0.2) is 4.98 Å². The van der Waals surface area contributed by atoms with Gasteiger partial charge in [-0.15, -0.1) is 0 Å². The molecule has 2 aromatic heterocycles. The number of carbonyl (C=O) groups excluding carboxylic acids is 2. The van der Waals surface area contributed by atoms with Crippen molar-refractivity contribution in [1.29, 1.82) is 0 Å². The Morgan fingerprint density at radius 2 is 2.07 bits per heavy atom. The van der Waals surface area contributed by atoms with Gasteiger partial charge in [-0.1, -0.05) is 41.7 Å². The molecule has 29 heavy (non-hydrogen) atoms. The highest BCUT2D eigenvalue weighted by Gasteiger charge is 2.26. The Morgan fingerprint density at radius 3 is 2.83 bits per heavy atom. The number of nitrogens with zero attached hydrogens (tertiary/aromatic N) is 2. The molecule has 2 amide bonds. The number of aromatic nitrogens is 3. The molecule has 0 spiro atoms. The molecule has 1 aromatic carbocycles.